The molecular formula is C26H52N4O11. The Morgan fingerprint density at radius 3 is 1.83 bits per heavy atom. The highest BCUT2D eigenvalue weighted by molar-refractivity contribution is 5.01. The van der Waals surface area contributed by atoms with Crippen LogP contribution in [0.5, 0.6) is 0 Å². The Balaban J connectivity index is 1.59. The first kappa shape index (κ1) is 34.9. The second-order valence-electron chi connectivity index (χ2n) is 11.4. The molecule has 0 aromatic rings. The summed E-state index contributed by atoms with van der Waals surface area (Å²) in [6.07, 6.45) is -9.18. The standard InChI is InChI=1S/C26H52N4O11/c1-2-3-4-5-6-7-8-37-11-15-17(31)16(30)19(33)25(39-15)40-23-12(28)9-13(29)24(22(23)36)41-26-21(35)20(34)18(32)14(10-27)38-26/h12-26,31-36H,2-11,27-30H2,1H3/t12-,13+,14-,15-,16+,17-,18-,19-,20+,21-,22-,23+,24-,25-,26-/m1/s1. The molecule has 2 saturated heterocycles. The zero-order valence-electron chi connectivity index (χ0n) is 23.8. The molecule has 15 heteroatoms. The van der Waals surface area contributed by atoms with Gasteiger partial charge in [0.05, 0.1) is 12.6 Å². The molecule has 15 atom stereocenters. The average molecular weight is 597 g/mol. The van der Waals surface area contributed by atoms with Crippen molar-refractivity contribution >= 4 is 0 Å². The molecule has 3 aliphatic rings. The summed E-state index contributed by atoms with van der Waals surface area (Å²) in [5, 5.41) is 63.1. The molecule has 2 heterocycles. The molecule has 0 unspecified atom stereocenters. The Morgan fingerprint density at radius 2 is 1.22 bits per heavy atom. The smallest absolute Gasteiger partial charge is 0.187 e. The molecule has 3 rings (SSSR count). The molecule has 1 aliphatic carbocycles. The summed E-state index contributed by atoms with van der Waals surface area (Å²) in [4.78, 5) is 0. The quantitative estimate of drug-likeness (QED) is 0.0858. The minimum atomic E-state index is -1.65. The van der Waals surface area contributed by atoms with Gasteiger partial charge in [0.15, 0.2) is 12.6 Å². The van der Waals surface area contributed by atoms with Crippen LogP contribution in [0.15, 0.2) is 0 Å². The van der Waals surface area contributed by atoms with Crippen LogP contribution in [0.25, 0.3) is 0 Å². The van der Waals surface area contributed by atoms with Crippen molar-refractivity contribution in [2.24, 2.45) is 22.9 Å². The van der Waals surface area contributed by atoms with E-state index < -0.39 is 91.7 Å². The lowest BCUT2D eigenvalue weighted by Gasteiger charge is -2.48. The highest BCUT2D eigenvalue weighted by atomic mass is 16.7. The van der Waals surface area contributed by atoms with Crippen LogP contribution in [-0.2, 0) is 23.7 Å². The molecule has 0 spiro atoms. The molecule has 15 nitrogen and oxygen atoms in total. The van der Waals surface area contributed by atoms with Gasteiger partial charge >= 0.3 is 0 Å². The normalized spacial score (nSPS) is 45.6. The van der Waals surface area contributed by atoms with Crippen molar-refractivity contribution in [1.29, 1.82) is 0 Å². The molecule has 0 aromatic heterocycles. The fourth-order valence-electron chi connectivity index (χ4n) is 5.57. The average Bonchev–Trinajstić information content (AvgIpc) is 2.95. The summed E-state index contributed by atoms with van der Waals surface area (Å²) in [5.41, 5.74) is 24.1. The van der Waals surface area contributed by atoms with Crippen molar-refractivity contribution in [2.75, 3.05) is 19.8 Å². The first-order valence-corrected chi connectivity index (χ1v) is 14.8. The van der Waals surface area contributed by atoms with Gasteiger partial charge < -0.3 is 77.3 Å². The number of aliphatic hydroxyl groups excluding tert-OH is 6. The second kappa shape index (κ2) is 16.5. The van der Waals surface area contributed by atoms with Crippen LogP contribution in [-0.4, -0.2) is 142 Å². The first-order valence-electron chi connectivity index (χ1n) is 14.8. The third-order valence-electron chi connectivity index (χ3n) is 8.23. The Kier molecular flexibility index (Phi) is 14.0. The fraction of sp³-hybridized carbons (Fsp3) is 1.00. The molecule has 14 N–H and O–H groups in total. The van der Waals surface area contributed by atoms with Crippen molar-refractivity contribution in [3.05, 3.63) is 0 Å². The molecule has 0 amide bonds. The predicted octanol–water partition coefficient (Wildman–Crippen LogP) is -3.91. The maximum Gasteiger partial charge on any atom is 0.187 e. The zero-order valence-corrected chi connectivity index (χ0v) is 23.8. The van der Waals surface area contributed by atoms with Crippen molar-refractivity contribution in [1.82, 2.24) is 0 Å². The van der Waals surface area contributed by atoms with Gasteiger partial charge in [0.1, 0.15) is 61.0 Å². The van der Waals surface area contributed by atoms with Crippen LogP contribution in [0.4, 0.5) is 0 Å². The van der Waals surface area contributed by atoms with Gasteiger partial charge in [-0.25, -0.2) is 0 Å². The van der Waals surface area contributed by atoms with Crippen LogP contribution in [0.3, 0.4) is 0 Å². The maximum absolute atomic E-state index is 11.2. The van der Waals surface area contributed by atoms with Gasteiger partial charge in [0.2, 0.25) is 0 Å². The van der Waals surface area contributed by atoms with E-state index >= 15 is 0 Å². The zero-order chi connectivity index (χ0) is 30.3. The molecule has 0 bridgehead atoms. The number of hydrogen-bond donors (Lipinski definition) is 10. The number of aliphatic hydroxyl groups is 6. The number of unbranched alkanes of at least 4 members (excludes halogenated alkanes) is 5. The van der Waals surface area contributed by atoms with Crippen LogP contribution in [0.1, 0.15) is 51.9 Å². The summed E-state index contributed by atoms with van der Waals surface area (Å²) in [7, 11) is 0. The summed E-state index contributed by atoms with van der Waals surface area (Å²) >= 11 is 0. The van der Waals surface area contributed by atoms with Gasteiger partial charge in [0.25, 0.3) is 0 Å². The Morgan fingerprint density at radius 1 is 0.659 bits per heavy atom. The van der Waals surface area contributed by atoms with Gasteiger partial charge in [-0.15, -0.1) is 0 Å². The van der Waals surface area contributed by atoms with Crippen molar-refractivity contribution < 1.29 is 54.3 Å². The van der Waals surface area contributed by atoms with Gasteiger partial charge in [0, 0.05) is 25.2 Å². The van der Waals surface area contributed by atoms with E-state index in [1.807, 2.05) is 0 Å². The van der Waals surface area contributed by atoms with Gasteiger partial charge in [-0.05, 0) is 12.8 Å². The summed E-state index contributed by atoms with van der Waals surface area (Å²) in [6.45, 7) is 2.51. The van der Waals surface area contributed by atoms with E-state index in [1.165, 1.54) is 19.3 Å². The highest BCUT2D eigenvalue weighted by Gasteiger charge is 2.51. The van der Waals surface area contributed by atoms with E-state index in [9.17, 15) is 30.6 Å². The fourth-order valence-corrected chi connectivity index (χ4v) is 5.57. The summed E-state index contributed by atoms with van der Waals surface area (Å²) < 4.78 is 28.7. The maximum atomic E-state index is 11.2. The summed E-state index contributed by atoms with van der Waals surface area (Å²) in [5.74, 6) is 0. The van der Waals surface area contributed by atoms with Gasteiger partial charge in [-0.1, -0.05) is 39.0 Å². The van der Waals surface area contributed by atoms with Crippen molar-refractivity contribution in [3.63, 3.8) is 0 Å². The van der Waals surface area contributed by atoms with E-state index in [1.54, 1.807) is 0 Å². The minimum absolute atomic E-state index is 0.0275. The number of hydrogen-bond acceptors (Lipinski definition) is 15. The van der Waals surface area contributed by atoms with Crippen molar-refractivity contribution in [2.45, 2.75) is 144 Å². The Labute approximate surface area is 241 Å². The molecule has 2 aliphatic heterocycles. The van der Waals surface area contributed by atoms with Crippen LogP contribution >= 0.6 is 0 Å². The van der Waals surface area contributed by atoms with Crippen LogP contribution < -0.4 is 22.9 Å². The first-order chi connectivity index (χ1) is 19.5. The number of rotatable bonds is 14. The molecule has 3 fully saturated rings. The molecule has 242 valence electrons. The number of nitrogens with two attached hydrogens (primary N) is 4. The molecule has 0 radical (unpaired) electrons. The highest BCUT2D eigenvalue weighted by Crippen LogP contribution is 2.31. The molecule has 0 aromatic carbocycles. The van der Waals surface area contributed by atoms with Gasteiger partial charge in [-0.3, -0.25) is 0 Å². The lowest BCUT2D eigenvalue weighted by molar-refractivity contribution is -0.332. The monoisotopic (exact) mass is 596 g/mol. The van der Waals surface area contributed by atoms with Crippen molar-refractivity contribution in [3.8, 4) is 0 Å². The SMILES string of the molecule is CCCCCCCCOC[C@H]1O[C@H](O[C@@H]2[C@@H](O)[C@H](O[C@H]3O[C@H](CN)[C@@H](O)[C@H](O)[C@H]3O)[C@@H](N)C[C@H]2N)[C@H](O)[C@@H](N)[C@@H]1O. The summed E-state index contributed by atoms with van der Waals surface area (Å²) in [6, 6.07) is -2.74. The van der Waals surface area contributed by atoms with Crippen LogP contribution in [0.2, 0.25) is 0 Å². The Hall–Kier alpha value is -0.600. The van der Waals surface area contributed by atoms with E-state index in [0.717, 1.165) is 19.3 Å². The molecular weight excluding hydrogens is 544 g/mol. The van der Waals surface area contributed by atoms with Crippen LogP contribution in [0, 0.1) is 0 Å². The molecule has 41 heavy (non-hydrogen) atoms. The third-order valence-corrected chi connectivity index (χ3v) is 8.23. The third kappa shape index (κ3) is 8.74. The van der Waals surface area contributed by atoms with E-state index in [-0.39, 0.29) is 19.6 Å². The minimum Gasteiger partial charge on any atom is -0.389 e. The second-order valence-corrected chi connectivity index (χ2v) is 11.4. The topological polar surface area (TPSA) is 272 Å². The molecule has 1 saturated carbocycles. The number of ether oxygens (including phenoxy) is 5. The predicted molar refractivity (Wildman–Crippen MR) is 145 cm³/mol. The van der Waals surface area contributed by atoms with E-state index in [0.29, 0.717) is 6.61 Å². The van der Waals surface area contributed by atoms with E-state index in [4.69, 9.17) is 46.6 Å². The Bertz CT molecular complexity index is 758. The lowest BCUT2D eigenvalue weighted by Crippen LogP contribution is -2.68. The largest absolute Gasteiger partial charge is 0.389 e. The van der Waals surface area contributed by atoms with Gasteiger partial charge in [-0.2, -0.15) is 0 Å². The lowest BCUT2D eigenvalue weighted by atomic mass is 9.84. The van der Waals surface area contributed by atoms with E-state index in [2.05, 4.69) is 6.92 Å².